The summed E-state index contributed by atoms with van der Waals surface area (Å²) < 4.78 is 29.1. The zero-order chi connectivity index (χ0) is 14.8. The minimum Gasteiger partial charge on any atom is -0.490 e. The molecule has 0 aliphatic heterocycles. The van der Waals surface area contributed by atoms with E-state index < -0.39 is 9.84 Å². The Morgan fingerprint density at radius 3 is 2.40 bits per heavy atom. The van der Waals surface area contributed by atoms with Gasteiger partial charge >= 0.3 is 0 Å². The third-order valence-corrected chi connectivity index (χ3v) is 5.39. The van der Waals surface area contributed by atoms with Crippen molar-refractivity contribution < 1.29 is 17.9 Å². The van der Waals surface area contributed by atoms with Crippen LogP contribution in [0.4, 0.5) is 0 Å². The lowest BCUT2D eigenvalue weighted by atomic mass is 9.97. The lowest BCUT2D eigenvalue weighted by molar-refractivity contribution is 0.101. The Balaban J connectivity index is 2.01. The van der Waals surface area contributed by atoms with Gasteiger partial charge in [0, 0.05) is 18.2 Å². The molecule has 0 saturated heterocycles. The lowest BCUT2D eigenvalue weighted by Gasteiger charge is -2.28. The molecule has 2 unspecified atom stereocenters. The summed E-state index contributed by atoms with van der Waals surface area (Å²) >= 11 is 0. The van der Waals surface area contributed by atoms with Crippen LogP contribution in [-0.4, -0.2) is 31.8 Å². The quantitative estimate of drug-likeness (QED) is 0.801. The molecule has 2 rings (SSSR count). The van der Waals surface area contributed by atoms with Crippen molar-refractivity contribution in [2.24, 2.45) is 0 Å². The second-order valence-corrected chi connectivity index (χ2v) is 7.76. The lowest BCUT2D eigenvalue weighted by Crippen LogP contribution is -2.33. The van der Waals surface area contributed by atoms with E-state index in [0.717, 1.165) is 19.3 Å². The highest BCUT2D eigenvalue weighted by molar-refractivity contribution is 7.91. The molecule has 110 valence electrons. The van der Waals surface area contributed by atoms with Gasteiger partial charge in [-0.1, -0.05) is 0 Å². The maximum atomic E-state index is 11.6. The van der Waals surface area contributed by atoms with Gasteiger partial charge in [0.25, 0.3) is 0 Å². The third-order valence-electron chi connectivity index (χ3n) is 3.75. The van der Waals surface area contributed by atoms with Crippen molar-refractivity contribution in [1.29, 1.82) is 0 Å². The number of hydrogen-bond acceptors (Lipinski definition) is 4. The smallest absolute Gasteiger partial charge is 0.159 e. The average molecular weight is 296 g/mol. The Hall–Kier alpha value is -1.36. The topological polar surface area (TPSA) is 60.4 Å². The molecule has 0 spiro atoms. The summed E-state index contributed by atoms with van der Waals surface area (Å²) in [6.07, 6.45) is 4.25. The average Bonchev–Trinajstić information content (AvgIpc) is 2.38. The molecule has 1 aliphatic rings. The number of hydrogen-bond donors (Lipinski definition) is 0. The van der Waals surface area contributed by atoms with E-state index in [-0.39, 0.29) is 17.1 Å². The van der Waals surface area contributed by atoms with Crippen LogP contribution in [0.15, 0.2) is 24.3 Å². The minimum absolute atomic E-state index is 0.0198. The molecule has 0 heterocycles. The maximum Gasteiger partial charge on any atom is 0.159 e. The van der Waals surface area contributed by atoms with Gasteiger partial charge in [0.05, 0.1) is 11.4 Å². The number of carbonyl (C=O) groups excluding carboxylic acids is 1. The van der Waals surface area contributed by atoms with E-state index in [9.17, 15) is 13.2 Å². The fourth-order valence-electron chi connectivity index (χ4n) is 2.56. The summed E-state index contributed by atoms with van der Waals surface area (Å²) in [5.74, 6) is 0.709. The monoisotopic (exact) mass is 296 g/mol. The van der Waals surface area contributed by atoms with Gasteiger partial charge in [-0.25, -0.2) is 8.42 Å². The van der Waals surface area contributed by atoms with Crippen LogP contribution in [0, 0.1) is 0 Å². The minimum atomic E-state index is -2.99. The van der Waals surface area contributed by atoms with Crippen LogP contribution < -0.4 is 4.74 Å². The molecular formula is C15H20O4S. The predicted molar refractivity (Wildman–Crippen MR) is 78.0 cm³/mol. The summed E-state index contributed by atoms with van der Waals surface area (Å²) in [6.45, 7) is 1.52. The summed E-state index contributed by atoms with van der Waals surface area (Å²) in [6, 6.07) is 6.99. The molecule has 20 heavy (non-hydrogen) atoms. The number of Topliss-reactive ketones (excluding diaryl/α,β-unsaturated/α-hetero) is 1. The Morgan fingerprint density at radius 1 is 1.20 bits per heavy atom. The van der Waals surface area contributed by atoms with Crippen LogP contribution in [0.1, 0.15) is 43.0 Å². The molecule has 1 saturated carbocycles. The highest BCUT2D eigenvalue weighted by Crippen LogP contribution is 2.27. The van der Waals surface area contributed by atoms with Crippen molar-refractivity contribution in [1.82, 2.24) is 0 Å². The van der Waals surface area contributed by atoms with Crippen LogP contribution in [-0.2, 0) is 9.84 Å². The molecule has 0 N–H and O–H groups in total. The van der Waals surface area contributed by atoms with E-state index in [1.807, 2.05) is 0 Å². The number of sulfone groups is 1. The molecule has 1 fully saturated rings. The number of ether oxygens (including phenoxy) is 1. The van der Waals surface area contributed by atoms with Crippen LogP contribution in [0.2, 0.25) is 0 Å². The highest BCUT2D eigenvalue weighted by atomic mass is 32.2. The Kier molecular flexibility index (Phi) is 4.48. The number of rotatable bonds is 4. The SMILES string of the molecule is CC(=O)c1ccc(OC2CCCC(S(C)(=O)=O)C2)cc1. The molecule has 2 atom stereocenters. The Morgan fingerprint density at radius 2 is 1.85 bits per heavy atom. The fraction of sp³-hybridized carbons (Fsp3) is 0.533. The molecule has 1 aromatic carbocycles. The Labute approximate surface area is 120 Å². The van der Waals surface area contributed by atoms with E-state index in [1.54, 1.807) is 24.3 Å². The van der Waals surface area contributed by atoms with Crippen molar-refractivity contribution in [2.45, 2.75) is 44.0 Å². The molecule has 0 bridgehead atoms. The van der Waals surface area contributed by atoms with Crippen LogP contribution >= 0.6 is 0 Å². The largest absolute Gasteiger partial charge is 0.490 e. The maximum absolute atomic E-state index is 11.6. The molecule has 0 radical (unpaired) electrons. The first-order chi connectivity index (χ1) is 9.36. The van der Waals surface area contributed by atoms with Gasteiger partial charge in [-0.3, -0.25) is 4.79 Å². The molecule has 1 aromatic rings. The number of carbonyl (C=O) groups is 1. The van der Waals surface area contributed by atoms with Crippen molar-refractivity contribution in [2.75, 3.05) is 6.26 Å². The van der Waals surface area contributed by atoms with Gasteiger partial charge in [-0.05, 0) is 50.5 Å². The first kappa shape index (κ1) is 15.0. The van der Waals surface area contributed by atoms with Gasteiger partial charge in [0.2, 0.25) is 0 Å². The fourth-order valence-corrected chi connectivity index (χ4v) is 3.72. The summed E-state index contributed by atoms with van der Waals surface area (Å²) in [7, 11) is -2.99. The first-order valence-corrected chi connectivity index (χ1v) is 8.78. The van der Waals surface area contributed by atoms with Gasteiger partial charge in [0.1, 0.15) is 15.6 Å². The van der Waals surface area contributed by atoms with Crippen molar-refractivity contribution in [3.63, 3.8) is 0 Å². The van der Waals surface area contributed by atoms with E-state index in [0.29, 0.717) is 17.7 Å². The first-order valence-electron chi connectivity index (χ1n) is 6.83. The third kappa shape index (κ3) is 3.82. The van der Waals surface area contributed by atoms with Gasteiger partial charge in [-0.2, -0.15) is 0 Å². The normalized spacial score (nSPS) is 23.3. The van der Waals surface area contributed by atoms with Gasteiger partial charge < -0.3 is 4.74 Å². The zero-order valence-electron chi connectivity index (χ0n) is 11.8. The van der Waals surface area contributed by atoms with E-state index in [1.165, 1.54) is 13.2 Å². The number of ketones is 1. The summed E-state index contributed by atoms with van der Waals surface area (Å²) in [5.41, 5.74) is 0.648. The van der Waals surface area contributed by atoms with Crippen molar-refractivity contribution in [3.05, 3.63) is 29.8 Å². The Bertz CT molecular complexity index is 574. The van der Waals surface area contributed by atoms with E-state index in [4.69, 9.17) is 4.74 Å². The molecule has 1 aliphatic carbocycles. The zero-order valence-corrected chi connectivity index (χ0v) is 12.7. The van der Waals surface area contributed by atoms with Crippen molar-refractivity contribution >= 4 is 15.6 Å². The molecule has 0 aromatic heterocycles. The number of benzene rings is 1. The summed E-state index contributed by atoms with van der Waals surface area (Å²) in [4.78, 5) is 11.2. The summed E-state index contributed by atoms with van der Waals surface area (Å²) in [5, 5.41) is -0.294. The van der Waals surface area contributed by atoms with E-state index >= 15 is 0 Å². The molecular weight excluding hydrogens is 276 g/mol. The predicted octanol–water partition coefficient (Wildman–Crippen LogP) is 2.62. The van der Waals surface area contributed by atoms with Crippen LogP contribution in [0.3, 0.4) is 0 Å². The molecule has 0 amide bonds. The van der Waals surface area contributed by atoms with Crippen molar-refractivity contribution in [3.8, 4) is 5.75 Å². The van der Waals surface area contributed by atoms with Gasteiger partial charge in [0.15, 0.2) is 5.78 Å². The second-order valence-electron chi connectivity index (χ2n) is 5.44. The second kappa shape index (κ2) is 5.95. The van der Waals surface area contributed by atoms with Crippen LogP contribution in [0.25, 0.3) is 0 Å². The molecule has 4 nitrogen and oxygen atoms in total. The standard InChI is InChI=1S/C15H20O4S/c1-11(16)12-6-8-13(9-7-12)19-14-4-3-5-15(10-14)20(2,17)18/h6-9,14-15H,3-5,10H2,1-2H3. The van der Waals surface area contributed by atoms with E-state index in [2.05, 4.69) is 0 Å². The molecule has 5 heteroatoms. The highest BCUT2D eigenvalue weighted by Gasteiger charge is 2.29. The van der Waals surface area contributed by atoms with Gasteiger partial charge in [-0.15, -0.1) is 0 Å². The van der Waals surface area contributed by atoms with Crippen LogP contribution in [0.5, 0.6) is 5.75 Å².